The van der Waals surface area contributed by atoms with Gasteiger partial charge in [0.05, 0.1) is 5.51 Å². The lowest BCUT2D eigenvalue weighted by Gasteiger charge is -2.40. The predicted octanol–water partition coefficient (Wildman–Crippen LogP) is 1.26. The molecule has 2 aromatic rings. The molecule has 3 rings (SSSR count). The third-order valence-corrected chi connectivity index (χ3v) is 5.10. The van der Waals surface area contributed by atoms with E-state index in [2.05, 4.69) is 27.3 Å². The van der Waals surface area contributed by atoms with E-state index < -0.39 is 0 Å². The molecule has 132 valence electrons. The number of hydrogen-bond donors (Lipinski definition) is 1. The maximum absolute atomic E-state index is 12.5. The molecule has 0 bridgehead atoms. The van der Waals surface area contributed by atoms with Crippen molar-refractivity contribution in [2.45, 2.75) is 12.5 Å². The molecule has 0 spiro atoms. The number of aromatic nitrogens is 1. The standard InChI is InChI=1S/C18H22N4O2S/c1-19-17(23)16-11-22(18(24)15-12-25-13-20-15)10-9-21(16)8-7-14-5-3-2-4-6-14/h2-6,12-13,16H,7-11H2,1H3,(H,19,23)/t16-/m0/s1. The lowest BCUT2D eigenvalue weighted by Crippen LogP contribution is -2.60. The molecule has 1 saturated heterocycles. The van der Waals surface area contributed by atoms with E-state index >= 15 is 0 Å². The number of amides is 2. The molecule has 1 atom stereocenters. The summed E-state index contributed by atoms with van der Waals surface area (Å²) < 4.78 is 0. The second-order valence-corrected chi connectivity index (χ2v) is 6.75. The highest BCUT2D eigenvalue weighted by molar-refractivity contribution is 7.07. The fourth-order valence-corrected chi connectivity index (χ4v) is 3.61. The topological polar surface area (TPSA) is 65.5 Å². The van der Waals surface area contributed by atoms with Crippen molar-refractivity contribution >= 4 is 23.2 Å². The van der Waals surface area contributed by atoms with Gasteiger partial charge in [-0.3, -0.25) is 14.5 Å². The summed E-state index contributed by atoms with van der Waals surface area (Å²) in [6.45, 7) is 2.48. The zero-order valence-corrected chi connectivity index (χ0v) is 15.0. The van der Waals surface area contributed by atoms with Gasteiger partial charge in [0.1, 0.15) is 11.7 Å². The normalized spacial score (nSPS) is 18.1. The predicted molar refractivity (Wildman–Crippen MR) is 97.6 cm³/mol. The molecule has 2 heterocycles. The van der Waals surface area contributed by atoms with Gasteiger partial charge < -0.3 is 10.2 Å². The van der Waals surface area contributed by atoms with Crippen molar-refractivity contribution in [2.24, 2.45) is 0 Å². The van der Waals surface area contributed by atoms with E-state index in [1.807, 2.05) is 18.2 Å². The molecular formula is C18H22N4O2S. The van der Waals surface area contributed by atoms with Crippen molar-refractivity contribution in [1.29, 1.82) is 0 Å². The van der Waals surface area contributed by atoms with Crippen molar-refractivity contribution in [3.8, 4) is 0 Å². The number of thiazole rings is 1. The molecular weight excluding hydrogens is 336 g/mol. The highest BCUT2D eigenvalue weighted by Crippen LogP contribution is 2.15. The summed E-state index contributed by atoms with van der Waals surface area (Å²) in [4.78, 5) is 32.8. The maximum atomic E-state index is 12.5. The van der Waals surface area contributed by atoms with Gasteiger partial charge in [0.25, 0.3) is 5.91 Å². The largest absolute Gasteiger partial charge is 0.358 e. The van der Waals surface area contributed by atoms with E-state index in [9.17, 15) is 9.59 Å². The summed E-state index contributed by atoms with van der Waals surface area (Å²) in [5, 5.41) is 4.47. The van der Waals surface area contributed by atoms with E-state index in [0.29, 0.717) is 25.3 Å². The number of rotatable bonds is 5. The van der Waals surface area contributed by atoms with Crippen molar-refractivity contribution in [2.75, 3.05) is 33.2 Å². The van der Waals surface area contributed by atoms with Gasteiger partial charge in [-0.2, -0.15) is 0 Å². The molecule has 1 fully saturated rings. The third-order valence-electron chi connectivity index (χ3n) is 4.51. The Kier molecular flexibility index (Phi) is 5.78. The number of nitrogens with one attached hydrogen (secondary N) is 1. The number of carbonyl (C=O) groups is 2. The summed E-state index contributed by atoms with van der Waals surface area (Å²) in [6, 6.07) is 9.91. The summed E-state index contributed by atoms with van der Waals surface area (Å²) in [7, 11) is 1.64. The molecule has 1 aromatic carbocycles. The number of likely N-dealkylation sites (N-methyl/N-ethyl adjacent to an activating group) is 1. The lowest BCUT2D eigenvalue weighted by molar-refractivity contribution is -0.127. The minimum absolute atomic E-state index is 0.0520. The Morgan fingerprint density at radius 2 is 2.08 bits per heavy atom. The van der Waals surface area contributed by atoms with Gasteiger partial charge in [0.15, 0.2) is 0 Å². The van der Waals surface area contributed by atoms with Crippen LogP contribution < -0.4 is 5.32 Å². The van der Waals surface area contributed by atoms with Gasteiger partial charge in [-0.05, 0) is 12.0 Å². The molecule has 7 heteroatoms. The molecule has 1 aliphatic heterocycles. The monoisotopic (exact) mass is 358 g/mol. The molecule has 0 aliphatic carbocycles. The lowest BCUT2D eigenvalue weighted by atomic mass is 10.1. The molecule has 2 amide bonds. The van der Waals surface area contributed by atoms with Crippen LogP contribution in [0.3, 0.4) is 0 Å². The van der Waals surface area contributed by atoms with Crippen LogP contribution in [-0.2, 0) is 11.2 Å². The van der Waals surface area contributed by atoms with Crippen LogP contribution in [0.2, 0.25) is 0 Å². The van der Waals surface area contributed by atoms with E-state index in [1.54, 1.807) is 22.8 Å². The van der Waals surface area contributed by atoms with Gasteiger partial charge in [0, 0.05) is 38.6 Å². The smallest absolute Gasteiger partial charge is 0.273 e. The number of piperazine rings is 1. The van der Waals surface area contributed by atoms with Crippen LogP contribution in [-0.4, -0.2) is 65.9 Å². The first-order valence-electron chi connectivity index (χ1n) is 8.36. The molecule has 1 aliphatic rings. The van der Waals surface area contributed by atoms with Crippen molar-refractivity contribution in [3.63, 3.8) is 0 Å². The quantitative estimate of drug-likeness (QED) is 0.874. The Labute approximate surface area is 151 Å². The molecule has 0 radical (unpaired) electrons. The number of nitrogens with zero attached hydrogens (tertiary/aromatic N) is 3. The van der Waals surface area contributed by atoms with E-state index in [4.69, 9.17) is 0 Å². The number of hydrogen-bond acceptors (Lipinski definition) is 5. The van der Waals surface area contributed by atoms with Crippen LogP contribution in [0.4, 0.5) is 0 Å². The second kappa shape index (κ2) is 8.22. The van der Waals surface area contributed by atoms with Crippen LogP contribution in [0.25, 0.3) is 0 Å². The fourth-order valence-electron chi connectivity index (χ4n) is 3.09. The Morgan fingerprint density at radius 3 is 2.76 bits per heavy atom. The van der Waals surface area contributed by atoms with Gasteiger partial charge in [0.2, 0.25) is 5.91 Å². The van der Waals surface area contributed by atoms with Crippen LogP contribution >= 0.6 is 11.3 Å². The summed E-state index contributed by atoms with van der Waals surface area (Å²) >= 11 is 1.40. The third kappa shape index (κ3) is 4.24. The second-order valence-electron chi connectivity index (χ2n) is 6.03. The van der Waals surface area contributed by atoms with E-state index in [1.165, 1.54) is 16.9 Å². The number of benzene rings is 1. The summed E-state index contributed by atoms with van der Waals surface area (Å²) in [5.74, 6) is -0.151. The maximum Gasteiger partial charge on any atom is 0.273 e. The minimum Gasteiger partial charge on any atom is -0.358 e. The average molecular weight is 358 g/mol. The molecule has 1 aromatic heterocycles. The Hall–Kier alpha value is -2.25. The molecule has 6 nitrogen and oxygen atoms in total. The molecule has 1 N–H and O–H groups in total. The van der Waals surface area contributed by atoms with Gasteiger partial charge in [-0.15, -0.1) is 11.3 Å². The van der Waals surface area contributed by atoms with E-state index in [0.717, 1.165) is 13.0 Å². The van der Waals surface area contributed by atoms with Gasteiger partial charge >= 0.3 is 0 Å². The van der Waals surface area contributed by atoms with Crippen LogP contribution in [0.1, 0.15) is 16.1 Å². The van der Waals surface area contributed by atoms with Crippen molar-refractivity contribution in [1.82, 2.24) is 20.1 Å². The summed E-state index contributed by atoms with van der Waals surface area (Å²) in [6.07, 6.45) is 0.883. The Balaban J connectivity index is 1.66. The first kappa shape index (κ1) is 17.6. The number of carbonyl (C=O) groups excluding carboxylic acids is 2. The highest BCUT2D eigenvalue weighted by Gasteiger charge is 2.34. The van der Waals surface area contributed by atoms with Crippen LogP contribution in [0, 0.1) is 0 Å². The Morgan fingerprint density at radius 1 is 1.28 bits per heavy atom. The van der Waals surface area contributed by atoms with Crippen LogP contribution in [0.5, 0.6) is 0 Å². The van der Waals surface area contributed by atoms with Gasteiger partial charge in [-0.1, -0.05) is 30.3 Å². The highest BCUT2D eigenvalue weighted by atomic mass is 32.1. The first-order chi connectivity index (χ1) is 12.2. The molecule has 0 saturated carbocycles. The fraction of sp³-hybridized carbons (Fsp3) is 0.389. The zero-order chi connectivity index (χ0) is 17.6. The van der Waals surface area contributed by atoms with Gasteiger partial charge in [-0.25, -0.2) is 4.98 Å². The van der Waals surface area contributed by atoms with E-state index in [-0.39, 0.29) is 17.9 Å². The minimum atomic E-state index is -0.329. The first-order valence-corrected chi connectivity index (χ1v) is 9.30. The SMILES string of the molecule is CNC(=O)[C@@H]1CN(C(=O)c2cscn2)CCN1CCc1ccccc1. The van der Waals surface area contributed by atoms with Crippen LogP contribution in [0.15, 0.2) is 41.2 Å². The molecule has 0 unspecified atom stereocenters. The Bertz CT molecular complexity index is 705. The van der Waals surface area contributed by atoms with Crippen molar-refractivity contribution < 1.29 is 9.59 Å². The van der Waals surface area contributed by atoms with Crippen molar-refractivity contribution in [3.05, 3.63) is 52.5 Å². The molecule has 25 heavy (non-hydrogen) atoms. The average Bonchev–Trinajstić information content (AvgIpc) is 3.20. The summed E-state index contributed by atoms with van der Waals surface area (Å²) in [5.41, 5.74) is 3.36. The zero-order valence-electron chi connectivity index (χ0n) is 14.2.